The van der Waals surface area contributed by atoms with Gasteiger partial charge in [-0.05, 0) is 31.5 Å². The van der Waals surface area contributed by atoms with Gasteiger partial charge < -0.3 is 9.40 Å². The predicted molar refractivity (Wildman–Crippen MR) is 68.2 cm³/mol. The monoisotopic (exact) mass is 239 g/mol. The summed E-state index contributed by atoms with van der Waals surface area (Å²) in [5.74, 6) is 1.12. The third-order valence-electron chi connectivity index (χ3n) is 3.39. The minimum atomic E-state index is 0.555. The van der Waals surface area contributed by atoms with Gasteiger partial charge in [-0.3, -0.25) is 0 Å². The molecule has 0 bridgehead atoms. The molecule has 1 aliphatic rings. The normalized spacial score (nSPS) is 19.5. The zero-order valence-electron chi connectivity index (χ0n) is 9.89. The van der Waals surface area contributed by atoms with E-state index >= 15 is 0 Å². The Morgan fingerprint density at radius 1 is 0.812 bits per heavy atom. The molecule has 0 radical (unpaired) electrons. The molecule has 16 heavy (non-hydrogen) atoms. The molecule has 0 atom stereocenters. The van der Waals surface area contributed by atoms with Crippen LogP contribution in [0.2, 0.25) is 0 Å². The molecule has 0 aromatic carbocycles. The number of aromatic nitrogens is 1. The Labute approximate surface area is 102 Å². The SMILES string of the molecule is S=c1[nH]c2c(o1)CCCCCCCCCC2. The lowest BCUT2D eigenvalue weighted by atomic mass is 10.0. The zero-order valence-corrected chi connectivity index (χ0v) is 10.7. The van der Waals surface area contributed by atoms with E-state index in [1.54, 1.807) is 0 Å². The van der Waals surface area contributed by atoms with Crippen LogP contribution in [0.25, 0.3) is 0 Å². The van der Waals surface area contributed by atoms with Crippen molar-refractivity contribution in [2.75, 3.05) is 0 Å². The van der Waals surface area contributed by atoms with Crippen LogP contribution >= 0.6 is 12.2 Å². The Balaban J connectivity index is 2.01. The van der Waals surface area contributed by atoms with E-state index in [2.05, 4.69) is 4.98 Å². The van der Waals surface area contributed by atoms with Crippen LogP contribution in [0, 0.1) is 4.84 Å². The summed E-state index contributed by atoms with van der Waals surface area (Å²) in [4.78, 5) is 3.75. The lowest BCUT2D eigenvalue weighted by molar-refractivity contribution is 0.468. The molecule has 0 fully saturated rings. The summed E-state index contributed by atoms with van der Waals surface area (Å²) in [6.07, 6.45) is 12.9. The fraction of sp³-hybridized carbons (Fsp3) is 0.769. The van der Waals surface area contributed by atoms with E-state index < -0.39 is 0 Å². The van der Waals surface area contributed by atoms with E-state index in [1.807, 2.05) is 0 Å². The molecule has 0 unspecified atom stereocenters. The highest BCUT2D eigenvalue weighted by atomic mass is 32.1. The second kappa shape index (κ2) is 6.24. The Kier molecular flexibility index (Phi) is 4.64. The van der Waals surface area contributed by atoms with Gasteiger partial charge in [0.15, 0.2) is 0 Å². The maximum atomic E-state index is 5.57. The molecule has 1 aliphatic carbocycles. The highest BCUT2D eigenvalue weighted by molar-refractivity contribution is 7.71. The number of hydrogen-bond donors (Lipinski definition) is 1. The summed E-state index contributed by atoms with van der Waals surface area (Å²) in [5, 5.41) is 0. The van der Waals surface area contributed by atoms with Crippen molar-refractivity contribution in [3.05, 3.63) is 16.3 Å². The fourth-order valence-electron chi connectivity index (χ4n) is 2.44. The fourth-order valence-corrected chi connectivity index (χ4v) is 2.67. The average molecular weight is 239 g/mol. The topological polar surface area (TPSA) is 28.9 Å². The van der Waals surface area contributed by atoms with Crippen molar-refractivity contribution < 1.29 is 4.42 Å². The van der Waals surface area contributed by atoms with Gasteiger partial charge in [0.1, 0.15) is 5.76 Å². The molecule has 90 valence electrons. The molecule has 0 saturated heterocycles. The molecular weight excluding hydrogens is 218 g/mol. The van der Waals surface area contributed by atoms with Crippen LogP contribution in [0.3, 0.4) is 0 Å². The third kappa shape index (κ3) is 3.48. The average Bonchev–Trinajstić information content (AvgIpc) is 2.59. The molecule has 1 aromatic heterocycles. The lowest BCUT2D eigenvalue weighted by Crippen LogP contribution is -1.95. The third-order valence-corrected chi connectivity index (χ3v) is 3.57. The Morgan fingerprint density at radius 3 is 2.06 bits per heavy atom. The molecule has 0 amide bonds. The van der Waals surface area contributed by atoms with E-state index in [1.165, 1.54) is 57.1 Å². The molecule has 0 saturated carbocycles. The number of aromatic amines is 1. The van der Waals surface area contributed by atoms with E-state index in [0.717, 1.165) is 18.6 Å². The van der Waals surface area contributed by atoms with Crippen molar-refractivity contribution in [2.45, 2.75) is 64.2 Å². The van der Waals surface area contributed by atoms with Crippen molar-refractivity contribution in [1.82, 2.24) is 4.98 Å². The highest BCUT2D eigenvalue weighted by Gasteiger charge is 2.08. The van der Waals surface area contributed by atoms with Crippen LogP contribution in [0.15, 0.2) is 4.42 Å². The molecule has 0 spiro atoms. The minimum Gasteiger partial charge on any atom is -0.434 e. The summed E-state index contributed by atoms with van der Waals surface area (Å²) in [6.45, 7) is 0. The molecule has 3 heteroatoms. The second-order valence-electron chi connectivity index (χ2n) is 4.74. The van der Waals surface area contributed by atoms with Crippen molar-refractivity contribution in [1.29, 1.82) is 0 Å². The van der Waals surface area contributed by atoms with Crippen molar-refractivity contribution in [2.24, 2.45) is 0 Å². The number of aryl methyl sites for hydroxylation is 2. The van der Waals surface area contributed by atoms with Gasteiger partial charge >= 0.3 is 0 Å². The first-order chi connectivity index (χ1) is 7.86. The summed E-state index contributed by atoms with van der Waals surface area (Å²) in [7, 11) is 0. The Hall–Kier alpha value is -0.570. The van der Waals surface area contributed by atoms with Crippen LogP contribution in [-0.2, 0) is 12.8 Å². The van der Waals surface area contributed by atoms with Crippen LogP contribution in [0.5, 0.6) is 0 Å². The Bertz CT molecular complexity index is 334. The first kappa shape index (κ1) is 11.9. The number of H-pyrrole nitrogens is 1. The van der Waals surface area contributed by atoms with Crippen LogP contribution < -0.4 is 0 Å². The summed E-state index contributed by atoms with van der Waals surface area (Å²) >= 11 is 5.07. The standard InChI is InChI=1S/C13H21NOS/c16-13-14-11-9-7-5-3-1-2-4-6-8-10-12(11)15-13/h1-10H2,(H,14,16). The van der Waals surface area contributed by atoms with Crippen molar-refractivity contribution in [3.8, 4) is 0 Å². The van der Waals surface area contributed by atoms with Crippen LogP contribution in [0.4, 0.5) is 0 Å². The molecule has 1 aromatic rings. The molecular formula is C13H21NOS. The summed E-state index contributed by atoms with van der Waals surface area (Å²) in [6, 6.07) is 0. The van der Waals surface area contributed by atoms with Crippen LogP contribution in [0.1, 0.15) is 62.8 Å². The molecule has 1 N–H and O–H groups in total. The zero-order chi connectivity index (χ0) is 11.2. The molecule has 0 aliphatic heterocycles. The van der Waals surface area contributed by atoms with Gasteiger partial charge in [-0.1, -0.05) is 38.5 Å². The first-order valence-corrected chi connectivity index (χ1v) is 6.98. The largest absolute Gasteiger partial charge is 0.434 e. The maximum Gasteiger partial charge on any atom is 0.266 e. The van der Waals surface area contributed by atoms with E-state index in [4.69, 9.17) is 16.6 Å². The lowest BCUT2D eigenvalue weighted by Gasteiger charge is -2.05. The summed E-state index contributed by atoms with van der Waals surface area (Å²) in [5.41, 5.74) is 1.26. The predicted octanol–water partition coefficient (Wildman–Crippen LogP) is 4.56. The van der Waals surface area contributed by atoms with Gasteiger partial charge in [0.05, 0.1) is 5.69 Å². The highest BCUT2D eigenvalue weighted by Crippen LogP contribution is 2.18. The van der Waals surface area contributed by atoms with Gasteiger partial charge in [-0.25, -0.2) is 0 Å². The minimum absolute atomic E-state index is 0.555. The number of nitrogens with one attached hydrogen (secondary N) is 1. The number of hydrogen-bond acceptors (Lipinski definition) is 2. The van der Waals surface area contributed by atoms with Gasteiger partial charge in [0.25, 0.3) is 4.84 Å². The van der Waals surface area contributed by atoms with E-state index in [-0.39, 0.29) is 0 Å². The quantitative estimate of drug-likeness (QED) is 0.672. The van der Waals surface area contributed by atoms with E-state index in [0.29, 0.717) is 4.84 Å². The molecule has 2 rings (SSSR count). The van der Waals surface area contributed by atoms with Gasteiger partial charge in [-0.15, -0.1) is 0 Å². The Morgan fingerprint density at radius 2 is 1.38 bits per heavy atom. The number of oxazole rings is 1. The van der Waals surface area contributed by atoms with Crippen molar-refractivity contribution in [3.63, 3.8) is 0 Å². The molecule has 1 heterocycles. The van der Waals surface area contributed by atoms with Gasteiger partial charge in [0, 0.05) is 6.42 Å². The number of rotatable bonds is 0. The molecule has 2 nitrogen and oxygen atoms in total. The van der Waals surface area contributed by atoms with Gasteiger partial charge in [0.2, 0.25) is 0 Å². The van der Waals surface area contributed by atoms with Gasteiger partial charge in [-0.2, -0.15) is 0 Å². The summed E-state index contributed by atoms with van der Waals surface area (Å²) < 4.78 is 5.57. The number of fused-ring (bicyclic) bond motifs is 1. The maximum absolute atomic E-state index is 5.57. The smallest absolute Gasteiger partial charge is 0.266 e. The van der Waals surface area contributed by atoms with E-state index in [9.17, 15) is 0 Å². The van der Waals surface area contributed by atoms with Crippen molar-refractivity contribution >= 4 is 12.2 Å². The van der Waals surface area contributed by atoms with Crippen LogP contribution in [-0.4, -0.2) is 4.98 Å². The second-order valence-corrected chi connectivity index (χ2v) is 5.12. The first-order valence-electron chi connectivity index (χ1n) is 6.57.